The Morgan fingerprint density at radius 3 is 2.67 bits per heavy atom. The van der Waals surface area contributed by atoms with Gasteiger partial charge in [-0.05, 0) is 28.1 Å². The largest absolute Gasteiger partial charge is 0.390 e. The highest BCUT2D eigenvalue weighted by Gasteiger charge is 2.27. The lowest BCUT2D eigenvalue weighted by Crippen LogP contribution is -2.25. The van der Waals surface area contributed by atoms with E-state index in [-0.39, 0.29) is 6.54 Å². The summed E-state index contributed by atoms with van der Waals surface area (Å²) in [5, 5.41) is 0. The summed E-state index contributed by atoms with van der Waals surface area (Å²) >= 11 is 3.23. The van der Waals surface area contributed by atoms with Gasteiger partial charge in [-0.1, -0.05) is 0 Å². The van der Waals surface area contributed by atoms with Crippen molar-refractivity contribution in [2.24, 2.45) is 0 Å². The van der Waals surface area contributed by atoms with Gasteiger partial charge in [0.2, 0.25) is 0 Å². The minimum absolute atomic E-state index is 0.0981. The molecule has 0 aliphatic rings. The van der Waals surface area contributed by atoms with Crippen molar-refractivity contribution >= 4 is 21.7 Å². The molecule has 84 valence electrons. The quantitative estimate of drug-likeness (QED) is 0.846. The third-order valence-electron chi connectivity index (χ3n) is 1.83. The Labute approximate surface area is 94.2 Å². The minimum atomic E-state index is -4.13. The zero-order valence-electron chi connectivity index (χ0n) is 8.05. The molecule has 1 aromatic heterocycles. The number of pyridine rings is 1. The van der Waals surface area contributed by atoms with Gasteiger partial charge in [-0.15, -0.1) is 0 Å². The summed E-state index contributed by atoms with van der Waals surface area (Å²) in [4.78, 5) is 5.46. The summed E-state index contributed by atoms with van der Waals surface area (Å²) in [6.45, 7) is -0.0981. The van der Waals surface area contributed by atoms with Crippen LogP contribution in [0, 0.1) is 0 Å². The monoisotopic (exact) mass is 282 g/mol. The number of anilines is 1. The van der Waals surface area contributed by atoms with Crippen molar-refractivity contribution in [1.29, 1.82) is 0 Å². The molecule has 0 aliphatic heterocycles. The lowest BCUT2D eigenvalue weighted by atomic mass is 10.3. The first-order valence-corrected chi connectivity index (χ1v) is 5.08. The first-order valence-electron chi connectivity index (χ1n) is 4.28. The number of hydrogen-bond acceptors (Lipinski definition) is 2. The molecule has 2 nitrogen and oxygen atoms in total. The van der Waals surface area contributed by atoms with Gasteiger partial charge in [0.1, 0.15) is 5.82 Å². The predicted molar refractivity (Wildman–Crippen MR) is 55.9 cm³/mol. The van der Waals surface area contributed by atoms with Gasteiger partial charge in [-0.3, -0.25) is 0 Å². The van der Waals surface area contributed by atoms with E-state index in [1.54, 1.807) is 25.4 Å². The summed E-state index contributed by atoms with van der Waals surface area (Å²) in [5.41, 5.74) is 0. The number of rotatable bonds is 3. The van der Waals surface area contributed by atoms with E-state index in [0.29, 0.717) is 10.3 Å². The smallest absolute Gasteiger partial charge is 0.358 e. The topological polar surface area (TPSA) is 16.1 Å². The fourth-order valence-corrected chi connectivity index (χ4v) is 1.62. The number of halogens is 4. The summed E-state index contributed by atoms with van der Waals surface area (Å²) in [7, 11) is 1.58. The summed E-state index contributed by atoms with van der Waals surface area (Å²) in [5.74, 6) is 0.516. The maximum Gasteiger partial charge on any atom is 0.390 e. The number of nitrogens with zero attached hydrogens (tertiary/aromatic N) is 2. The molecule has 15 heavy (non-hydrogen) atoms. The second-order valence-electron chi connectivity index (χ2n) is 3.10. The third kappa shape index (κ3) is 4.07. The summed E-state index contributed by atoms with van der Waals surface area (Å²) < 4.78 is 36.6. The highest BCUT2D eigenvalue weighted by Crippen LogP contribution is 2.24. The van der Waals surface area contributed by atoms with Crippen molar-refractivity contribution < 1.29 is 13.2 Å². The molecule has 0 spiro atoms. The van der Waals surface area contributed by atoms with Gasteiger partial charge in [0.05, 0.1) is 10.9 Å². The van der Waals surface area contributed by atoms with Crippen molar-refractivity contribution in [3.8, 4) is 0 Å². The Balaban J connectivity index is 2.62. The van der Waals surface area contributed by atoms with Gasteiger partial charge in [-0.25, -0.2) is 4.98 Å². The maximum absolute atomic E-state index is 12.0. The molecule has 0 N–H and O–H groups in total. The van der Waals surface area contributed by atoms with E-state index in [1.807, 2.05) is 0 Å². The molecule has 0 atom stereocenters. The number of alkyl halides is 3. The standard InChI is InChI=1S/C9H10BrF3N2/c1-15(6-4-9(11,12)13)8-7(10)3-2-5-14-8/h2-3,5H,4,6H2,1H3. The molecule has 0 saturated heterocycles. The molecule has 1 rings (SSSR count). The van der Waals surface area contributed by atoms with E-state index in [4.69, 9.17) is 0 Å². The van der Waals surface area contributed by atoms with E-state index in [1.165, 1.54) is 4.90 Å². The van der Waals surface area contributed by atoms with E-state index < -0.39 is 12.6 Å². The van der Waals surface area contributed by atoms with Crippen LogP contribution in [-0.4, -0.2) is 24.8 Å². The van der Waals surface area contributed by atoms with Crippen LogP contribution in [0.1, 0.15) is 6.42 Å². The third-order valence-corrected chi connectivity index (χ3v) is 2.45. The molecular formula is C9H10BrF3N2. The van der Waals surface area contributed by atoms with Gasteiger partial charge in [-0.2, -0.15) is 13.2 Å². The van der Waals surface area contributed by atoms with Crippen molar-refractivity contribution in [2.75, 3.05) is 18.5 Å². The minimum Gasteiger partial charge on any atom is -0.358 e. The van der Waals surface area contributed by atoms with Crippen LogP contribution in [-0.2, 0) is 0 Å². The lowest BCUT2D eigenvalue weighted by molar-refractivity contribution is -0.132. The summed E-state index contributed by atoms with van der Waals surface area (Å²) in [6, 6.07) is 3.46. The normalized spacial score (nSPS) is 11.5. The molecule has 0 amide bonds. The lowest BCUT2D eigenvalue weighted by Gasteiger charge is -2.19. The Morgan fingerprint density at radius 1 is 1.47 bits per heavy atom. The van der Waals surface area contributed by atoms with E-state index >= 15 is 0 Å². The Hall–Kier alpha value is -0.780. The van der Waals surface area contributed by atoms with Gasteiger partial charge in [0, 0.05) is 19.8 Å². The van der Waals surface area contributed by atoms with Crippen LogP contribution in [0.25, 0.3) is 0 Å². The average Bonchev–Trinajstić information content (AvgIpc) is 2.14. The predicted octanol–water partition coefficient (Wildman–Crippen LogP) is 3.23. The van der Waals surface area contributed by atoms with Crippen LogP contribution < -0.4 is 4.90 Å². The van der Waals surface area contributed by atoms with Crippen LogP contribution in [0.4, 0.5) is 19.0 Å². The fourth-order valence-electron chi connectivity index (χ4n) is 1.06. The van der Waals surface area contributed by atoms with Crippen molar-refractivity contribution in [1.82, 2.24) is 4.98 Å². The molecular weight excluding hydrogens is 273 g/mol. The Morgan fingerprint density at radius 2 is 2.13 bits per heavy atom. The zero-order chi connectivity index (χ0) is 11.5. The zero-order valence-corrected chi connectivity index (χ0v) is 9.64. The van der Waals surface area contributed by atoms with Gasteiger partial charge in [0.15, 0.2) is 0 Å². The van der Waals surface area contributed by atoms with Gasteiger partial charge < -0.3 is 4.90 Å². The Bertz CT molecular complexity index is 327. The molecule has 0 saturated carbocycles. The number of hydrogen-bond donors (Lipinski definition) is 0. The average molecular weight is 283 g/mol. The molecule has 0 fully saturated rings. The number of aromatic nitrogens is 1. The second-order valence-corrected chi connectivity index (χ2v) is 3.95. The Kier molecular flexibility index (Phi) is 3.96. The van der Waals surface area contributed by atoms with E-state index in [2.05, 4.69) is 20.9 Å². The van der Waals surface area contributed by atoms with E-state index in [9.17, 15) is 13.2 Å². The molecule has 0 aliphatic carbocycles. The summed E-state index contributed by atoms with van der Waals surface area (Å²) in [6.07, 6.45) is -3.42. The molecule has 0 bridgehead atoms. The van der Waals surface area contributed by atoms with Crippen LogP contribution in [0.3, 0.4) is 0 Å². The van der Waals surface area contributed by atoms with Crippen molar-refractivity contribution in [2.45, 2.75) is 12.6 Å². The van der Waals surface area contributed by atoms with E-state index in [0.717, 1.165) is 0 Å². The maximum atomic E-state index is 12.0. The first kappa shape index (κ1) is 12.3. The fraction of sp³-hybridized carbons (Fsp3) is 0.444. The van der Waals surface area contributed by atoms with Crippen LogP contribution in [0.2, 0.25) is 0 Å². The van der Waals surface area contributed by atoms with Gasteiger partial charge in [0.25, 0.3) is 0 Å². The van der Waals surface area contributed by atoms with Crippen LogP contribution in [0.15, 0.2) is 22.8 Å². The molecule has 0 radical (unpaired) electrons. The highest BCUT2D eigenvalue weighted by atomic mass is 79.9. The molecule has 0 unspecified atom stereocenters. The molecule has 1 aromatic rings. The molecule has 0 aromatic carbocycles. The highest BCUT2D eigenvalue weighted by molar-refractivity contribution is 9.10. The SMILES string of the molecule is CN(CCC(F)(F)F)c1ncccc1Br. The van der Waals surface area contributed by atoms with Crippen LogP contribution >= 0.6 is 15.9 Å². The molecule has 1 heterocycles. The first-order chi connectivity index (χ1) is 6.90. The van der Waals surface area contributed by atoms with Crippen molar-refractivity contribution in [3.63, 3.8) is 0 Å². The van der Waals surface area contributed by atoms with Crippen molar-refractivity contribution in [3.05, 3.63) is 22.8 Å². The van der Waals surface area contributed by atoms with Crippen LogP contribution in [0.5, 0.6) is 0 Å². The van der Waals surface area contributed by atoms with Gasteiger partial charge >= 0.3 is 6.18 Å². The second kappa shape index (κ2) is 4.83. The molecule has 6 heteroatoms.